The molecule has 88 valence electrons. The van der Waals surface area contributed by atoms with E-state index in [0.717, 1.165) is 13.0 Å². The highest BCUT2D eigenvalue weighted by atomic mass is 16.5. The molecule has 0 bridgehead atoms. The molecule has 0 radical (unpaired) electrons. The van der Waals surface area contributed by atoms with Crippen LogP contribution >= 0.6 is 0 Å². The molecule has 2 nitrogen and oxygen atoms in total. The van der Waals surface area contributed by atoms with Crippen LogP contribution in [-0.2, 0) is 4.74 Å². The van der Waals surface area contributed by atoms with E-state index in [4.69, 9.17) is 4.74 Å². The topological polar surface area (TPSA) is 21.3 Å². The predicted octanol–water partition coefficient (Wildman–Crippen LogP) is 2.89. The Labute approximate surface area is 94.1 Å². The largest absolute Gasteiger partial charge is 0.371 e. The van der Waals surface area contributed by atoms with E-state index in [0.29, 0.717) is 18.2 Å². The van der Waals surface area contributed by atoms with Crippen LogP contribution in [0.2, 0.25) is 0 Å². The molecule has 1 heterocycles. The van der Waals surface area contributed by atoms with Gasteiger partial charge in [-0.2, -0.15) is 0 Å². The fraction of sp³-hybridized carbons (Fsp3) is 0.846. The Hall–Kier alpha value is -0.340. The van der Waals surface area contributed by atoms with Crippen LogP contribution in [0.3, 0.4) is 0 Å². The van der Waals surface area contributed by atoms with Crippen molar-refractivity contribution in [3.05, 3.63) is 11.6 Å². The second-order valence-corrected chi connectivity index (χ2v) is 4.78. The molecule has 1 aliphatic heterocycles. The Balaban J connectivity index is 2.39. The first kappa shape index (κ1) is 12.7. The van der Waals surface area contributed by atoms with Crippen LogP contribution in [0.5, 0.6) is 0 Å². The van der Waals surface area contributed by atoms with Crippen molar-refractivity contribution in [1.82, 2.24) is 5.32 Å². The summed E-state index contributed by atoms with van der Waals surface area (Å²) in [6.07, 6.45) is 6.64. The van der Waals surface area contributed by atoms with Gasteiger partial charge in [0.1, 0.15) is 0 Å². The van der Waals surface area contributed by atoms with E-state index in [2.05, 4.69) is 39.1 Å². The van der Waals surface area contributed by atoms with Crippen molar-refractivity contribution in [2.45, 2.75) is 65.2 Å². The van der Waals surface area contributed by atoms with Crippen molar-refractivity contribution in [3.8, 4) is 0 Å². The maximum absolute atomic E-state index is 5.80. The van der Waals surface area contributed by atoms with Crippen molar-refractivity contribution in [1.29, 1.82) is 0 Å². The molecule has 1 rings (SSSR count). The van der Waals surface area contributed by atoms with Gasteiger partial charge in [0.2, 0.25) is 0 Å². The van der Waals surface area contributed by atoms with Crippen LogP contribution in [0.1, 0.15) is 47.0 Å². The van der Waals surface area contributed by atoms with E-state index in [1.54, 1.807) is 0 Å². The lowest BCUT2D eigenvalue weighted by Gasteiger charge is -2.13. The van der Waals surface area contributed by atoms with Gasteiger partial charge in [0, 0.05) is 12.6 Å². The highest BCUT2D eigenvalue weighted by molar-refractivity contribution is 5.08. The van der Waals surface area contributed by atoms with Gasteiger partial charge in [-0.3, -0.25) is 0 Å². The van der Waals surface area contributed by atoms with Gasteiger partial charge < -0.3 is 10.1 Å². The monoisotopic (exact) mass is 211 g/mol. The van der Waals surface area contributed by atoms with Crippen LogP contribution in [0.15, 0.2) is 11.6 Å². The second-order valence-electron chi connectivity index (χ2n) is 4.78. The zero-order valence-electron chi connectivity index (χ0n) is 10.5. The lowest BCUT2D eigenvalue weighted by Crippen LogP contribution is -2.25. The van der Waals surface area contributed by atoms with Crippen molar-refractivity contribution in [2.24, 2.45) is 0 Å². The zero-order valence-corrected chi connectivity index (χ0v) is 10.5. The van der Waals surface area contributed by atoms with E-state index in [-0.39, 0.29) is 0 Å². The van der Waals surface area contributed by atoms with Gasteiger partial charge in [-0.1, -0.05) is 32.4 Å². The summed E-state index contributed by atoms with van der Waals surface area (Å²) in [5, 5.41) is 3.46. The summed E-state index contributed by atoms with van der Waals surface area (Å²) in [4.78, 5) is 0. The first-order valence-electron chi connectivity index (χ1n) is 6.20. The standard InChI is InChI=1S/C13H25NO/c1-5-12(9-14-10(2)3)8-13-7-6-11(4)15-13/h8,10-11,13-14H,5-7,9H2,1-4H3/b12-8+. The molecule has 1 aliphatic rings. The molecule has 2 atom stereocenters. The van der Waals surface area contributed by atoms with Gasteiger partial charge in [-0.15, -0.1) is 0 Å². The molecule has 0 aromatic carbocycles. The maximum Gasteiger partial charge on any atom is 0.0763 e. The van der Waals surface area contributed by atoms with Crippen molar-refractivity contribution in [2.75, 3.05) is 6.54 Å². The molecular formula is C13H25NO. The maximum atomic E-state index is 5.80. The average Bonchev–Trinajstić information content (AvgIpc) is 2.58. The lowest BCUT2D eigenvalue weighted by atomic mass is 10.1. The van der Waals surface area contributed by atoms with Crippen molar-refractivity contribution >= 4 is 0 Å². The number of nitrogens with one attached hydrogen (secondary N) is 1. The Kier molecular flexibility index (Phi) is 5.34. The van der Waals surface area contributed by atoms with Crippen molar-refractivity contribution < 1.29 is 4.74 Å². The smallest absolute Gasteiger partial charge is 0.0763 e. The van der Waals surface area contributed by atoms with Gasteiger partial charge in [0.25, 0.3) is 0 Å². The van der Waals surface area contributed by atoms with Gasteiger partial charge in [0.05, 0.1) is 12.2 Å². The highest BCUT2D eigenvalue weighted by Crippen LogP contribution is 2.21. The van der Waals surface area contributed by atoms with E-state index in [1.807, 2.05) is 0 Å². The fourth-order valence-corrected chi connectivity index (χ4v) is 1.86. The van der Waals surface area contributed by atoms with E-state index < -0.39 is 0 Å². The van der Waals surface area contributed by atoms with Crippen LogP contribution in [0.25, 0.3) is 0 Å². The predicted molar refractivity (Wildman–Crippen MR) is 65.1 cm³/mol. The number of rotatable bonds is 5. The molecule has 0 aromatic heterocycles. The summed E-state index contributed by atoms with van der Waals surface area (Å²) < 4.78 is 5.80. The minimum atomic E-state index is 0.365. The summed E-state index contributed by atoms with van der Waals surface area (Å²) in [7, 11) is 0. The third-order valence-electron chi connectivity index (χ3n) is 2.88. The van der Waals surface area contributed by atoms with Gasteiger partial charge in [0.15, 0.2) is 0 Å². The summed E-state index contributed by atoms with van der Waals surface area (Å²) in [6, 6.07) is 0.559. The van der Waals surface area contributed by atoms with Crippen LogP contribution < -0.4 is 5.32 Å². The molecule has 0 aromatic rings. The molecule has 0 amide bonds. The Bertz CT molecular complexity index is 211. The normalized spacial score (nSPS) is 27.7. The number of hydrogen-bond acceptors (Lipinski definition) is 2. The molecule has 0 spiro atoms. The Morgan fingerprint density at radius 2 is 2.20 bits per heavy atom. The van der Waals surface area contributed by atoms with Crippen LogP contribution in [0, 0.1) is 0 Å². The molecule has 2 heteroatoms. The first-order valence-corrected chi connectivity index (χ1v) is 6.20. The lowest BCUT2D eigenvalue weighted by molar-refractivity contribution is 0.0827. The summed E-state index contributed by atoms with van der Waals surface area (Å²) in [5.74, 6) is 0. The highest BCUT2D eigenvalue weighted by Gasteiger charge is 2.19. The van der Waals surface area contributed by atoms with E-state index in [9.17, 15) is 0 Å². The third kappa shape index (κ3) is 4.80. The summed E-state index contributed by atoms with van der Waals surface area (Å²) in [5.41, 5.74) is 1.47. The molecule has 0 aliphatic carbocycles. The van der Waals surface area contributed by atoms with E-state index >= 15 is 0 Å². The minimum Gasteiger partial charge on any atom is -0.371 e. The van der Waals surface area contributed by atoms with Gasteiger partial charge >= 0.3 is 0 Å². The van der Waals surface area contributed by atoms with Crippen molar-refractivity contribution in [3.63, 3.8) is 0 Å². The number of ether oxygens (including phenoxy) is 1. The molecule has 0 saturated carbocycles. The molecule has 1 N–H and O–H groups in total. The Morgan fingerprint density at radius 3 is 2.67 bits per heavy atom. The first-order chi connectivity index (χ1) is 7.11. The van der Waals surface area contributed by atoms with Crippen LogP contribution in [0.4, 0.5) is 0 Å². The molecule has 15 heavy (non-hydrogen) atoms. The van der Waals surface area contributed by atoms with Gasteiger partial charge in [-0.25, -0.2) is 0 Å². The minimum absolute atomic E-state index is 0.365. The molecular weight excluding hydrogens is 186 g/mol. The average molecular weight is 211 g/mol. The molecule has 1 saturated heterocycles. The SMILES string of the molecule is CC/C(=C\C1CCC(C)O1)CNC(C)C. The summed E-state index contributed by atoms with van der Waals surface area (Å²) >= 11 is 0. The second kappa shape index (κ2) is 6.29. The van der Waals surface area contributed by atoms with Crippen LogP contribution in [-0.4, -0.2) is 24.8 Å². The number of hydrogen-bond donors (Lipinski definition) is 1. The van der Waals surface area contributed by atoms with E-state index in [1.165, 1.54) is 18.4 Å². The zero-order chi connectivity index (χ0) is 11.3. The molecule has 1 fully saturated rings. The summed E-state index contributed by atoms with van der Waals surface area (Å²) in [6.45, 7) is 9.74. The fourth-order valence-electron chi connectivity index (χ4n) is 1.86. The quantitative estimate of drug-likeness (QED) is 0.706. The van der Waals surface area contributed by atoms with Gasteiger partial charge in [-0.05, 0) is 26.2 Å². The molecule has 2 unspecified atom stereocenters. The third-order valence-corrected chi connectivity index (χ3v) is 2.88. The Morgan fingerprint density at radius 1 is 1.47 bits per heavy atom.